The van der Waals surface area contributed by atoms with Crippen LogP contribution in [0, 0.1) is 0 Å². The Morgan fingerprint density at radius 2 is 2.05 bits per heavy atom. The lowest BCUT2D eigenvalue weighted by molar-refractivity contribution is 0.319. The number of benzene rings is 1. The summed E-state index contributed by atoms with van der Waals surface area (Å²) in [5.41, 5.74) is 1.36. The fourth-order valence-corrected chi connectivity index (χ4v) is 2.12. The quantitative estimate of drug-likeness (QED) is 0.739. The summed E-state index contributed by atoms with van der Waals surface area (Å²) in [6.45, 7) is 3.86. The molecular weight excluding hydrogens is 250 g/mol. The van der Waals surface area contributed by atoms with Gasteiger partial charge in [0.05, 0.1) is 6.54 Å². The van der Waals surface area contributed by atoms with Crippen LogP contribution in [0.25, 0.3) is 0 Å². The molecule has 0 bridgehead atoms. The molecule has 0 fully saturated rings. The molecule has 0 saturated carbocycles. The zero-order chi connectivity index (χ0) is 14.2. The number of rotatable bonds is 8. The van der Waals surface area contributed by atoms with Crippen LogP contribution in [-0.2, 0) is 20.1 Å². The van der Waals surface area contributed by atoms with Crippen LogP contribution >= 0.6 is 0 Å². The summed E-state index contributed by atoms with van der Waals surface area (Å²) in [4.78, 5) is 2.35. The summed E-state index contributed by atoms with van der Waals surface area (Å²) in [5.74, 6) is 0.975. The van der Waals surface area contributed by atoms with Gasteiger partial charge in [-0.3, -0.25) is 0 Å². The van der Waals surface area contributed by atoms with Gasteiger partial charge < -0.3 is 14.8 Å². The lowest BCUT2D eigenvalue weighted by atomic mass is 10.2. The Morgan fingerprint density at radius 3 is 2.75 bits per heavy atom. The van der Waals surface area contributed by atoms with Crippen molar-refractivity contribution in [2.24, 2.45) is 7.05 Å². The van der Waals surface area contributed by atoms with Crippen LogP contribution in [0.4, 0.5) is 0 Å². The summed E-state index contributed by atoms with van der Waals surface area (Å²) >= 11 is 0. The lowest BCUT2D eigenvalue weighted by Crippen LogP contribution is -2.24. The highest BCUT2D eigenvalue weighted by Crippen LogP contribution is 2.02. The van der Waals surface area contributed by atoms with E-state index in [-0.39, 0.29) is 0 Å². The molecule has 0 spiro atoms. The number of nitrogens with one attached hydrogen (secondary N) is 1. The van der Waals surface area contributed by atoms with Gasteiger partial charge >= 0.3 is 0 Å². The molecule has 1 heterocycles. The fourth-order valence-electron chi connectivity index (χ4n) is 2.12. The maximum Gasteiger partial charge on any atom is 0.146 e. The molecule has 0 aliphatic heterocycles. The molecule has 0 radical (unpaired) electrons. The molecule has 0 atom stereocenters. The largest absolute Gasteiger partial charge is 0.320 e. The summed E-state index contributed by atoms with van der Waals surface area (Å²) in [6, 6.07) is 10.6. The number of nitrogens with zero attached hydrogens (tertiary/aromatic N) is 4. The Bertz CT molecular complexity index is 494. The van der Waals surface area contributed by atoms with E-state index in [1.54, 1.807) is 6.33 Å². The standard InChI is InChI=1S/C15H23N5/c1-19(12-14-7-4-3-5-8-14)10-6-9-16-11-15-18-17-13-20(15)2/h3-5,7-8,13,16H,6,9-12H2,1-2H3. The molecule has 1 aromatic carbocycles. The summed E-state index contributed by atoms with van der Waals surface area (Å²) < 4.78 is 1.94. The minimum Gasteiger partial charge on any atom is -0.320 e. The number of hydrogen-bond donors (Lipinski definition) is 1. The predicted octanol–water partition coefficient (Wildman–Crippen LogP) is 1.43. The van der Waals surface area contributed by atoms with Crippen molar-refractivity contribution in [1.29, 1.82) is 0 Å². The third-order valence-electron chi connectivity index (χ3n) is 3.28. The molecular formula is C15H23N5. The van der Waals surface area contributed by atoms with Crippen molar-refractivity contribution < 1.29 is 0 Å². The Kier molecular flexibility index (Phi) is 5.70. The van der Waals surface area contributed by atoms with Gasteiger partial charge in [0, 0.05) is 13.6 Å². The second-order valence-electron chi connectivity index (χ2n) is 5.11. The van der Waals surface area contributed by atoms with Crippen LogP contribution in [0.3, 0.4) is 0 Å². The topological polar surface area (TPSA) is 46.0 Å². The number of aryl methyl sites for hydroxylation is 1. The monoisotopic (exact) mass is 273 g/mol. The van der Waals surface area contributed by atoms with Gasteiger partial charge in [-0.1, -0.05) is 30.3 Å². The van der Waals surface area contributed by atoms with E-state index in [0.717, 1.165) is 38.4 Å². The highest BCUT2D eigenvalue weighted by molar-refractivity contribution is 5.14. The van der Waals surface area contributed by atoms with Gasteiger partial charge in [-0.15, -0.1) is 10.2 Å². The molecule has 0 aliphatic rings. The number of hydrogen-bond acceptors (Lipinski definition) is 4. The van der Waals surface area contributed by atoms with E-state index in [4.69, 9.17) is 0 Å². The van der Waals surface area contributed by atoms with E-state index in [1.807, 2.05) is 11.6 Å². The molecule has 2 rings (SSSR count). The van der Waals surface area contributed by atoms with Crippen molar-refractivity contribution in [3.8, 4) is 0 Å². The molecule has 1 N–H and O–H groups in total. The molecule has 20 heavy (non-hydrogen) atoms. The first-order valence-electron chi connectivity index (χ1n) is 7.02. The van der Waals surface area contributed by atoms with Crippen LogP contribution in [0.2, 0.25) is 0 Å². The van der Waals surface area contributed by atoms with Crippen LogP contribution < -0.4 is 5.32 Å². The third kappa shape index (κ3) is 4.75. The fraction of sp³-hybridized carbons (Fsp3) is 0.467. The van der Waals surface area contributed by atoms with Crippen LogP contribution in [-0.4, -0.2) is 39.8 Å². The van der Waals surface area contributed by atoms with Crippen molar-refractivity contribution in [3.05, 3.63) is 48.0 Å². The van der Waals surface area contributed by atoms with E-state index in [2.05, 4.69) is 57.8 Å². The molecule has 1 aromatic heterocycles. The zero-order valence-corrected chi connectivity index (χ0v) is 12.3. The first-order valence-corrected chi connectivity index (χ1v) is 7.02. The first-order chi connectivity index (χ1) is 9.75. The second-order valence-corrected chi connectivity index (χ2v) is 5.11. The van der Waals surface area contributed by atoms with Gasteiger partial charge in [0.2, 0.25) is 0 Å². The van der Waals surface area contributed by atoms with Gasteiger partial charge in [-0.05, 0) is 32.1 Å². The van der Waals surface area contributed by atoms with Gasteiger partial charge in [0.15, 0.2) is 0 Å². The molecule has 0 saturated heterocycles. The Hall–Kier alpha value is -1.72. The van der Waals surface area contributed by atoms with Crippen LogP contribution in [0.1, 0.15) is 17.8 Å². The third-order valence-corrected chi connectivity index (χ3v) is 3.28. The van der Waals surface area contributed by atoms with Gasteiger partial charge in [0.25, 0.3) is 0 Å². The molecule has 2 aromatic rings. The Balaban J connectivity index is 1.58. The molecule has 5 heteroatoms. The van der Waals surface area contributed by atoms with Crippen LogP contribution in [0.15, 0.2) is 36.7 Å². The highest BCUT2D eigenvalue weighted by Gasteiger charge is 2.01. The smallest absolute Gasteiger partial charge is 0.146 e. The average molecular weight is 273 g/mol. The van der Waals surface area contributed by atoms with Gasteiger partial charge in [0.1, 0.15) is 12.2 Å². The van der Waals surface area contributed by atoms with Gasteiger partial charge in [-0.25, -0.2) is 0 Å². The molecule has 0 amide bonds. The van der Waals surface area contributed by atoms with Crippen molar-refractivity contribution in [2.75, 3.05) is 20.1 Å². The van der Waals surface area contributed by atoms with Crippen molar-refractivity contribution in [1.82, 2.24) is 25.0 Å². The lowest BCUT2D eigenvalue weighted by Gasteiger charge is -2.16. The Labute approximate surface area is 120 Å². The van der Waals surface area contributed by atoms with E-state index < -0.39 is 0 Å². The summed E-state index contributed by atoms with van der Waals surface area (Å²) in [5, 5.41) is 11.3. The first kappa shape index (κ1) is 14.7. The zero-order valence-electron chi connectivity index (χ0n) is 12.3. The molecule has 0 aliphatic carbocycles. The SMILES string of the molecule is CN(CCCNCc1nncn1C)Cc1ccccc1. The summed E-state index contributed by atoms with van der Waals surface area (Å²) in [6.07, 6.45) is 2.85. The average Bonchev–Trinajstić information content (AvgIpc) is 2.85. The minimum absolute atomic E-state index is 0.777. The van der Waals surface area contributed by atoms with Crippen LogP contribution in [0.5, 0.6) is 0 Å². The molecule has 0 unspecified atom stereocenters. The normalized spacial score (nSPS) is 11.2. The Morgan fingerprint density at radius 1 is 1.25 bits per heavy atom. The summed E-state index contributed by atoms with van der Waals surface area (Å²) in [7, 11) is 4.13. The van der Waals surface area contributed by atoms with Crippen molar-refractivity contribution in [2.45, 2.75) is 19.5 Å². The highest BCUT2D eigenvalue weighted by atomic mass is 15.3. The maximum absolute atomic E-state index is 4.04. The van der Waals surface area contributed by atoms with E-state index in [0.29, 0.717) is 0 Å². The maximum atomic E-state index is 4.04. The molecule has 108 valence electrons. The van der Waals surface area contributed by atoms with Crippen molar-refractivity contribution in [3.63, 3.8) is 0 Å². The second kappa shape index (κ2) is 7.77. The predicted molar refractivity (Wildman–Crippen MR) is 80.1 cm³/mol. The van der Waals surface area contributed by atoms with Crippen molar-refractivity contribution >= 4 is 0 Å². The van der Waals surface area contributed by atoms with E-state index in [1.165, 1.54) is 5.56 Å². The van der Waals surface area contributed by atoms with Gasteiger partial charge in [-0.2, -0.15) is 0 Å². The minimum atomic E-state index is 0.777. The molecule has 5 nitrogen and oxygen atoms in total. The van der Waals surface area contributed by atoms with E-state index >= 15 is 0 Å². The van der Waals surface area contributed by atoms with E-state index in [9.17, 15) is 0 Å². The number of aromatic nitrogens is 3.